The molecule has 1 aliphatic heterocycles. The molecule has 0 saturated carbocycles. The number of rotatable bonds is 6. The topological polar surface area (TPSA) is 106 Å². The molecule has 0 radical (unpaired) electrons. The molecule has 0 spiro atoms. The lowest BCUT2D eigenvalue weighted by Crippen LogP contribution is -2.19. The van der Waals surface area contributed by atoms with E-state index in [1.807, 2.05) is 44.4 Å². The molecule has 2 aromatic rings. The minimum atomic E-state index is -1.82. The molecule has 0 saturated heterocycles. The molecule has 162 valence electrons. The molecule has 3 rings (SSSR count). The van der Waals surface area contributed by atoms with Gasteiger partial charge in [-0.25, -0.2) is 9.59 Å². The van der Waals surface area contributed by atoms with Crippen LogP contribution in [0.5, 0.6) is 17.2 Å². The Morgan fingerprint density at radius 1 is 1.10 bits per heavy atom. The third-order valence-electron chi connectivity index (χ3n) is 3.97. The Hall–Kier alpha value is -2.68. The summed E-state index contributed by atoms with van der Waals surface area (Å²) >= 11 is 12.2. The first-order valence-electron chi connectivity index (χ1n) is 8.80. The van der Waals surface area contributed by atoms with E-state index in [9.17, 15) is 0 Å². The summed E-state index contributed by atoms with van der Waals surface area (Å²) in [7, 11) is 4.06. The zero-order chi connectivity index (χ0) is 22.3. The van der Waals surface area contributed by atoms with Crippen LogP contribution >= 0.6 is 23.2 Å². The van der Waals surface area contributed by atoms with Gasteiger partial charge in [-0.05, 0) is 43.9 Å². The molecular formula is C20H21Cl2NO7. The lowest BCUT2D eigenvalue weighted by atomic mass is 10.1. The number of carbonyl (C=O) groups is 2. The van der Waals surface area contributed by atoms with E-state index in [1.54, 1.807) is 6.07 Å². The molecule has 1 heterocycles. The monoisotopic (exact) mass is 457 g/mol. The Labute approximate surface area is 183 Å². The van der Waals surface area contributed by atoms with E-state index in [0.717, 1.165) is 18.5 Å². The number of carboxylic acid groups (broad SMARTS) is 2. The first kappa shape index (κ1) is 23.6. The molecule has 2 N–H and O–H groups in total. The molecule has 1 unspecified atom stereocenters. The molecule has 30 heavy (non-hydrogen) atoms. The van der Waals surface area contributed by atoms with Gasteiger partial charge in [0.15, 0.2) is 11.5 Å². The second-order valence-corrected chi connectivity index (χ2v) is 7.29. The van der Waals surface area contributed by atoms with Crippen molar-refractivity contribution >= 4 is 35.1 Å². The van der Waals surface area contributed by atoms with Crippen molar-refractivity contribution in [2.24, 2.45) is 0 Å². The normalized spacial score (nSPS) is 12.7. The van der Waals surface area contributed by atoms with E-state index < -0.39 is 11.9 Å². The third kappa shape index (κ3) is 6.69. The molecule has 10 heteroatoms. The van der Waals surface area contributed by atoms with Crippen LogP contribution in [0, 0.1) is 0 Å². The summed E-state index contributed by atoms with van der Waals surface area (Å²) in [6, 6.07) is 11.2. The summed E-state index contributed by atoms with van der Waals surface area (Å²) in [4.78, 5) is 20.3. The predicted molar refractivity (Wildman–Crippen MR) is 111 cm³/mol. The van der Waals surface area contributed by atoms with Gasteiger partial charge < -0.3 is 29.3 Å². The number of aliphatic carboxylic acids is 2. The molecule has 0 aromatic heterocycles. The summed E-state index contributed by atoms with van der Waals surface area (Å²) in [6.45, 7) is 1.09. The van der Waals surface area contributed by atoms with Gasteiger partial charge in [0.1, 0.15) is 6.10 Å². The van der Waals surface area contributed by atoms with Crippen molar-refractivity contribution in [3.8, 4) is 17.2 Å². The predicted octanol–water partition coefficient (Wildman–Crippen LogP) is 3.95. The Bertz CT molecular complexity index is 893. The van der Waals surface area contributed by atoms with E-state index >= 15 is 0 Å². The summed E-state index contributed by atoms with van der Waals surface area (Å²) in [6.07, 6.45) is 0.632. The maximum absolute atomic E-state index is 9.10. The highest BCUT2D eigenvalue weighted by Gasteiger charge is 2.22. The van der Waals surface area contributed by atoms with E-state index in [2.05, 4.69) is 4.90 Å². The standard InChI is InChI=1S/C18H19Cl2NO3.C2H2O4/c1-21(2)9-8-15(12-6-7-13(19)14(20)10-12)24-17-5-3-4-16-18(17)23-11-22-16;3-1(4)2(5)6/h3-7,10,15H,8-9,11H2,1-2H3;(H,3,4)(H,5,6). The molecule has 0 fully saturated rings. The highest BCUT2D eigenvalue weighted by Crippen LogP contribution is 2.42. The van der Waals surface area contributed by atoms with Crippen molar-refractivity contribution in [2.45, 2.75) is 12.5 Å². The fourth-order valence-corrected chi connectivity index (χ4v) is 2.84. The van der Waals surface area contributed by atoms with Crippen LogP contribution in [-0.2, 0) is 9.59 Å². The molecule has 8 nitrogen and oxygen atoms in total. The van der Waals surface area contributed by atoms with Gasteiger partial charge in [0.05, 0.1) is 10.0 Å². The van der Waals surface area contributed by atoms with Crippen molar-refractivity contribution < 1.29 is 34.0 Å². The fraction of sp³-hybridized carbons (Fsp3) is 0.300. The van der Waals surface area contributed by atoms with Gasteiger partial charge >= 0.3 is 11.9 Å². The van der Waals surface area contributed by atoms with Crippen LogP contribution in [-0.4, -0.2) is 54.5 Å². The number of carboxylic acids is 2. The number of fused-ring (bicyclic) bond motifs is 1. The van der Waals surface area contributed by atoms with Crippen molar-refractivity contribution in [1.82, 2.24) is 4.90 Å². The molecule has 1 atom stereocenters. The Morgan fingerprint density at radius 2 is 1.80 bits per heavy atom. The highest BCUT2D eigenvalue weighted by atomic mass is 35.5. The Morgan fingerprint density at radius 3 is 2.40 bits per heavy atom. The summed E-state index contributed by atoms with van der Waals surface area (Å²) in [5.41, 5.74) is 0.975. The lowest BCUT2D eigenvalue weighted by molar-refractivity contribution is -0.159. The summed E-state index contributed by atoms with van der Waals surface area (Å²) < 4.78 is 17.2. The Balaban J connectivity index is 0.000000469. The number of halogens is 2. The molecule has 0 bridgehead atoms. The number of ether oxygens (including phenoxy) is 3. The molecule has 1 aliphatic rings. The van der Waals surface area contributed by atoms with Crippen LogP contribution in [0.3, 0.4) is 0 Å². The summed E-state index contributed by atoms with van der Waals surface area (Å²) in [5.74, 6) is -1.63. The van der Waals surface area contributed by atoms with Gasteiger partial charge in [-0.3, -0.25) is 0 Å². The summed E-state index contributed by atoms with van der Waals surface area (Å²) in [5, 5.41) is 15.8. The fourth-order valence-electron chi connectivity index (χ4n) is 2.53. The number of para-hydroxylation sites is 1. The van der Waals surface area contributed by atoms with Gasteiger partial charge in [-0.2, -0.15) is 0 Å². The van der Waals surface area contributed by atoms with Crippen LogP contribution in [0.4, 0.5) is 0 Å². The van der Waals surface area contributed by atoms with E-state index in [-0.39, 0.29) is 12.9 Å². The highest BCUT2D eigenvalue weighted by molar-refractivity contribution is 6.42. The van der Waals surface area contributed by atoms with Gasteiger partial charge in [0.25, 0.3) is 0 Å². The average molecular weight is 458 g/mol. The molecule has 0 aliphatic carbocycles. The SMILES string of the molecule is CN(C)CCC(Oc1cccc2c1OCO2)c1ccc(Cl)c(Cl)c1.O=C(O)C(=O)O. The maximum Gasteiger partial charge on any atom is 0.414 e. The number of hydrogen-bond acceptors (Lipinski definition) is 6. The Kier molecular flexibility index (Phi) is 8.58. The van der Waals surface area contributed by atoms with Crippen LogP contribution in [0.15, 0.2) is 36.4 Å². The van der Waals surface area contributed by atoms with Crippen LogP contribution < -0.4 is 14.2 Å². The quantitative estimate of drug-likeness (QED) is 0.627. The minimum absolute atomic E-state index is 0.169. The number of benzene rings is 2. The van der Waals surface area contributed by atoms with Crippen LogP contribution in [0.1, 0.15) is 18.1 Å². The molecular weight excluding hydrogens is 437 g/mol. The number of nitrogens with zero attached hydrogens (tertiary/aromatic N) is 1. The third-order valence-corrected chi connectivity index (χ3v) is 4.71. The van der Waals surface area contributed by atoms with E-state index in [4.69, 9.17) is 57.2 Å². The van der Waals surface area contributed by atoms with Crippen molar-refractivity contribution in [2.75, 3.05) is 27.4 Å². The largest absolute Gasteiger partial charge is 0.482 e. The second-order valence-electron chi connectivity index (χ2n) is 6.47. The first-order valence-corrected chi connectivity index (χ1v) is 9.55. The molecule has 0 amide bonds. The smallest absolute Gasteiger partial charge is 0.414 e. The van der Waals surface area contributed by atoms with Crippen molar-refractivity contribution in [1.29, 1.82) is 0 Å². The van der Waals surface area contributed by atoms with E-state index in [1.165, 1.54) is 0 Å². The van der Waals surface area contributed by atoms with Crippen molar-refractivity contribution in [3.05, 3.63) is 52.0 Å². The van der Waals surface area contributed by atoms with Crippen LogP contribution in [0.2, 0.25) is 10.0 Å². The first-order chi connectivity index (χ1) is 14.2. The van der Waals surface area contributed by atoms with Gasteiger partial charge in [0.2, 0.25) is 12.5 Å². The van der Waals surface area contributed by atoms with Crippen LogP contribution in [0.25, 0.3) is 0 Å². The van der Waals surface area contributed by atoms with Gasteiger partial charge in [0, 0.05) is 13.0 Å². The van der Waals surface area contributed by atoms with Crippen molar-refractivity contribution in [3.63, 3.8) is 0 Å². The zero-order valence-corrected chi connectivity index (χ0v) is 17.8. The maximum atomic E-state index is 9.10. The lowest BCUT2D eigenvalue weighted by Gasteiger charge is -2.22. The van der Waals surface area contributed by atoms with Gasteiger partial charge in [-0.1, -0.05) is 35.3 Å². The van der Waals surface area contributed by atoms with E-state index in [0.29, 0.717) is 27.3 Å². The zero-order valence-electron chi connectivity index (χ0n) is 16.3. The van der Waals surface area contributed by atoms with Gasteiger partial charge in [-0.15, -0.1) is 0 Å². The number of hydrogen-bond donors (Lipinski definition) is 2. The average Bonchev–Trinajstić information content (AvgIpc) is 3.17. The second kappa shape index (κ2) is 10.9. The molecule has 2 aromatic carbocycles. The minimum Gasteiger partial charge on any atom is -0.482 e.